The Balaban J connectivity index is 1.72. The van der Waals surface area contributed by atoms with E-state index in [1.807, 2.05) is 0 Å². The minimum absolute atomic E-state index is 0.0715. The molecule has 25 heavy (non-hydrogen) atoms. The van der Waals surface area contributed by atoms with Gasteiger partial charge in [0.1, 0.15) is 11.6 Å². The molecule has 0 N–H and O–H groups in total. The van der Waals surface area contributed by atoms with Crippen LogP contribution in [0.5, 0.6) is 5.75 Å². The Morgan fingerprint density at radius 1 is 1.08 bits per heavy atom. The predicted octanol–water partition coefficient (Wildman–Crippen LogP) is 6.29. The summed E-state index contributed by atoms with van der Waals surface area (Å²) in [4.78, 5) is 13.2. The van der Waals surface area contributed by atoms with Gasteiger partial charge in [-0.15, -0.1) is 0 Å². The van der Waals surface area contributed by atoms with E-state index >= 15 is 0 Å². The predicted molar refractivity (Wildman–Crippen MR) is 97.9 cm³/mol. The first-order chi connectivity index (χ1) is 12.1. The fourth-order valence-electron chi connectivity index (χ4n) is 5.08. The SMILES string of the molecule is CCCC1CCC(C2(C(=O)Oc3ccc(F)cc3)CCCCC2)CC1. The Bertz CT molecular complexity index is 552. The maximum atomic E-state index is 13.2. The van der Waals surface area contributed by atoms with Crippen molar-refractivity contribution in [2.24, 2.45) is 17.3 Å². The quantitative estimate of drug-likeness (QED) is 0.463. The second-order valence-electron chi connectivity index (χ2n) is 8.07. The average Bonchev–Trinajstić information content (AvgIpc) is 2.65. The number of hydrogen-bond acceptors (Lipinski definition) is 2. The van der Waals surface area contributed by atoms with E-state index in [9.17, 15) is 9.18 Å². The molecule has 0 aliphatic heterocycles. The Labute approximate surface area is 151 Å². The average molecular weight is 346 g/mol. The Kier molecular flexibility index (Phi) is 6.14. The number of esters is 1. The van der Waals surface area contributed by atoms with Gasteiger partial charge in [-0.1, -0.05) is 51.9 Å². The number of hydrogen-bond donors (Lipinski definition) is 0. The molecule has 2 nitrogen and oxygen atoms in total. The monoisotopic (exact) mass is 346 g/mol. The lowest BCUT2D eigenvalue weighted by atomic mass is 9.60. The summed E-state index contributed by atoms with van der Waals surface area (Å²) in [5.41, 5.74) is -0.316. The van der Waals surface area contributed by atoms with E-state index in [0.29, 0.717) is 11.7 Å². The molecule has 2 saturated carbocycles. The van der Waals surface area contributed by atoms with Crippen LogP contribution in [0.2, 0.25) is 0 Å². The first kappa shape index (κ1) is 18.4. The standard InChI is InChI=1S/C22H31FO2/c1-2-6-17-7-9-18(10-8-17)22(15-4-3-5-16-22)21(24)25-20-13-11-19(23)12-14-20/h11-14,17-18H,2-10,15-16H2,1H3. The molecule has 0 unspecified atom stereocenters. The minimum atomic E-state index is -0.316. The molecule has 3 rings (SSSR count). The molecule has 0 amide bonds. The summed E-state index contributed by atoms with van der Waals surface area (Å²) in [5, 5.41) is 0. The zero-order valence-corrected chi connectivity index (χ0v) is 15.4. The van der Waals surface area contributed by atoms with E-state index in [1.165, 1.54) is 44.2 Å². The Hall–Kier alpha value is -1.38. The van der Waals surface area contributed by atoms with Crippen molar-refractivity contribution in [2.45, 2.75) is 77.6 Å². The first-order valence-electron chi connectivity index (χ1n) is 10.1. The van der Waals surface area contributed by atoms with Gasteiger partial charge in [0.25, 0.3) is 0 Å². The topological polar surface area (TPSA) is 26.3 Å². The van der Waals surface area contributed by atoms with Crippen LogP contribution in [-0.4, -0.2) is 5.97 Å². The molecular formula is C22H31FO2. The van der Waals surface area contributed by atoms with E-state index in [-0.39, 0.29) is 17.2 Å². The minimum Gasteiger partial charge on any atom is -0.426 e. The van der Waals surface area contributed by atoms with Gasteiger partial charge in [-0.05, 0) is 61.8 Å². The third-order valence-corrected chi connectivity index (χ3v) is 6.50. The van der Waals surface area contributed by atoms with Crippen LogP contribution in [0.4, 0.5) is 4.39 Å². The molecule has 0 radical (unpaired) electrons. The summed E-state index contributed by atoms with van der Waals surface area (Å²) in [5.74, 6) is 1.39. The lowest BCUT2D eigenvalue weighted by molar-refractivity contribution is -0.153. The summed E-state index contributed by atoms with van der Waals surface area (Å²) in [6, 6.07) is 5.82. The van der Waals surface area contributed by atoms with Crippen molar-refractivity contribution >= 4 is 5.97 Å². The van der Waals surface area contributed by atoms with Crippen molar-refractivity contribution in [1.82, 2.24) is 0 Å². The molecule has 1 aromatic carbocycles. The van der Waals surface area contributed by atoms with Crippen LogP contribution in [0.25, 0.3) is 0 Å². The first-order valence-corrected chi connectivity index (χ1v) is 10.1. The molecule has 138 valence electrons. The van der Waals surface area contributed by atoms with Gasteiger partial charge in [0, 0.05) is 0 Å². The molecule has 0 aromatic heterocycles. The number of carbonyl (C=O) groups is 1. The van der Waals surface area contributed by atoms with Gasteiger partial charge in [-0.3, -0.25) is 4.79 Å². The van der Waals surface area contributed by atoms with Crippen molar-refractivity contribution in [3.8, 4) is 5.75 Å². The maximum Gasteiger partial charge on any atom is 0.317 e. The summed E-state index contributed by atoms with van der Waals surface area (Å²) in [6.45, 7) is 2.26. The van der Waals surface area contributed by atoms with E-state index < -0.39 is 0 Å². The maximum absolute atomic E-state index is 13.2. The van der Waals surface area contributed by atoms with Gasteiger partial charge in [0.05, 0.1) is 5.41 Å². The lowest BCUT2D eigenvalue weighted by Gasteiger charge is -2.44. The number of halogens is 1. The van der Waals surface area contributed by atoms with E-state index in [0.717, 1.165) is 44.4 Å². The van der Waals surface area contributed by atoms with Crippen LogP contribution in [0.1, 0.15) is 77.6 Å². The van der Waals surface area contributed by atoms with E-state index in [1.54, 1.807) is 12.1 Å². The van der Waals surface area contributed by atoms with Gasteiger partial charge < -0.3 is 4.74 Å². The molecule has 0 atom stereocenters. The summed E-state index contributed by atoms with van der Waals surface area (Å²) >= 11 is 0. The smallest absolute Gasteiger partial charge is 0.317 e. The van der Waals surface area contributed by atoms with Gasteiger partial charge in [0.2, 0.25) is 0 Å². The molecular weight excluding hydrogens is 315 g/mol. The highest BCUT2D eigenvalue weighted by molar-refractivity contribution is 5.79. The Morgan fingerprint density at radius 2 is 1.72 bits per heavy atom. The van der Waals surface area contributed by atoms with Crippen LogP contribution in [-0.2, 0) is 4.79 Å². The van der Waals surface area contributed by atoms with Gasteiger partial charge >= 0.3 is 5.97 Å². The molecule has 2 aliphatic rings. The number of carbonyl (C=O) groups excluding carboxylic acids is 1. The third-order valence-electron chi connectivity index (χ3n) is 6.50. The summed E-state index contributed by atoms with van der Waals surface area (Å²) < 4.78 is 18.8. The number of benzene rings is 1. The molecule has 2 fully saturated rings. The van der Waals surface area contributed by atoms with Crippen molar-refractivity contribution < 1.29 is 13.9 Å². The highest BCUT2D eigenvalue weighted by Crippen LogP contribution is 2.50. The highest BCUT2D eigenvalue weighted by atomic mass is 19.1. The van der Waals surface area contributed by atoms with Crippen LogP contribution in [0.3, 0.4) is 0 Å². The Morgan fingerprint density at radius 3 is 2.32 bits per heavy atom. The van der Waals surface area contributed by atoms with Crippen LogP contribution in [0, 0.1) is 23.1 Å². The second-order valence-corrected chi connectivity index (χ2v) is 8.07. The van der Waals surface area contributed by atoms with Crippen molar-refractivity contribution in [2.75, 3.05) is 0 Å². The molecule has 1 aromatic rings. The van der Waals surface area contributed by atoms with Gasteiger partial charge in [0.15, 0.2) is 0 Å². The molecule has 0 spiro atoms. The number of ether oxygens (including phenoxy) is 1. The van der Waals surface area contributed by atoms with E-state index in [2.05, 4.69) is 6.92 Å². The van der Waals surface area contributed by atoms with Gasteiger partial charge in [-0.25, -0.2) is 4.39 Å². The second kappa shape index (κ2) is 8.33. The summed E-state index contributed by atoms with van der Waals surface area (Å²) in [6.07, 6.45) is 12.8. The number of rotatable bonds is 5. The summed E-state index contributed by atoms with van der Waals surface area (Å²) in [7, 11) is 0. The molecule has 2 aliphatic carbocycles. The lowest BCUT2D eigenvalue weighted by Crippen LogP contribution is -2.44. The molecule has 0 saturated heterocycles. The van der Waals surface area contributed by atoms with Gasteiger partial charge in [-0.2, -0.15) is 0 Å². The largest absolute Gasteiger partial charge is 0.426 e. The fourth-order valence-corrected chi connectivity index (χ4v) is 5.08. The van der Waals surface area contributed by atoms with Crippen molar-refractivity contribution in [1.29, 1.82) is 0 Å². The zero-order chi connectivity index (χ0) is 17.7. The fraction of sp³-hybridized carbons (Fsp3) is 0.682. The van der Waals surface area contributed by atoms with Crippen LogP contribution in [0.15, 0.2) is 24.3 Å². The third kappa shape index (κ3) is 4.24. The van der Waals surface area contributed by atoms with Crippen molar-refractivity contribution in [3.05, 3.63) is 30.1 Å². The normalized spacial score (nSPS) is 26.2. The van der Waals surface area contributed by atoms with Crippen LogP contribution < -0.4 is 4.74 Å². The van der Waals surface area contributed by atoms with E-state index in [4.69, 9.17) is 4.74 Å². The molecule has 3 heteroatoms. The zero-order valence-electron chi connectivity index (χ0n) is 15.4. The van der Waals surface area contributed by atoms with Crippen LogP contribution >= 0.6 is 0 Å². The molecule has 0 heterocycles. The molecule has 0 bridgehead atoms. The van der Waals surface area contributed by atoms with Crippen molar-refractivity contribution in [3.63, 3.8) is 0 Å². The highest BCUT2D eigenvalue weighted by Gasteiger charge is 2.48.